The van der Waals surface area contributed by atoms with Gasteiger partial charge in [-0.15, -0.1) is 10.2 Å². The molecule has 1 fully saturated rings. The molecule has 3 aromatic rings. The highest BCUT2D eigenvalue weighted by Crippen LogP contribution is 2.32. The van der Waals surface area contributed by atoms with E-state index >= 15 is 0 Å². The summed E-state index contributed by atoms with van der Waals surface area (Å²) in [4.78, 5) is 32.4. The van der Waals surface area contributed by atoms with Crippen LogP contribution in [0.1, 0.15) is 60.9 Å². The number of pyridine rings is 1. The summed E-state index contributed by atoms with van der Waals surface area (Å²) in [5.41, 5.74) is -0.854. The van der Waals surface area contributed by atoms with Gasteiger partial charge in [-0.3, -0.25) is 4.79 Å². The van der Waals surface area contributed by atoms with E-state index in [0.29, 0.717) is 43.0 Å². The van der Waals surface area contributed by atoms with E-state index in [1.54, 1.807) is 17.9 Å². The lowest BCUT2D eigenvalue weighted by Crippen LogP contribution is -2.42. The molecular formula is C27H31F4N7O3. The van der Waals surface area contributed by atoms with Crippen LogP contribution in [0.5, 0.6) is 0 Å². The Labute approximate surface area is 234 Å². The third kappa shape index (κ3) is 7.98. The maximum absolute atomic E-state index is 13.6. The number of aromatic nitrogens is 5. The number of aryl methyl sites for hydroxylation is 1. The van der Waals surface area contributed by atoms with Crippen molar-refractivity contribution in [1.82, 2.24) is 35.4 Å². The number of likely N-dealkylation sites (tertiary alicyclic amines) is 1. The van der Waals surface area contributed by atoms with Gasteiger partial charge in [-0.25, -0.2) is 14.2 Å². The van der Waals surface area contributed by atoms with E-state index in [-0.39, 0.29) is 35.6 Å². The number of benzene rings is 1. The molecule has 1 aliphatic heterocycles. The average Bonchev–Trinajstić information content (AvgIpc) is 3.35. The maximum Gasteiger partial charge on any atom is 0.419 e. The molecular weight excluding hydrogens is 546 g/mol. The van der Waals surface area contributed by atoms with E-state index in [1.165, 1.54) is 16.9 Å². The van der Waals surface area contributed by atoms with Crippen molar-refractivity contribution < 1.29 is 31.9 Å². The lowest BCUT2D eigenvalue weighted by Gasteiger charge is -2.33. The summed E-state index contributed by atoms with van der Waals surface area (Å²) in [6.07, 6.45) is -3.66. The van der Waals surface area contributed by atoms with Gasteiger partial charge in [-0.2, -0.15) is 18.0 Å². The molecule has 2 amide bonds. The Morgan fingerprint density at radius 3 is 2.46 bits per heavy atom. The van der Waals surface area contributed by atoms with Gasteiger partial charge in [0.25, 0.3) is 5.91 Å². The molecule has 0 unspecified atom stereocenters. The van der Waals surface area contributed by atoms with Crippen molar-refractivity contribution in [3.05, 3.63) is 58.7 Å². The summed E-state index contributed by atoms with van der Waals surface area (Å²) in [6.45, 7) is 8.55. The van der Waals surface area contributed by atoms with Gasteiger partial charge < -0.3 is 15.0 Å². The van der Waals surface area contributed by atoms with Gasteiger partial charge in [0, 0.05) is 30.9 Å². The maximum atomic E-state index is 13.6. The Bertz CT molecular complexity index is 1410. The number of carbonyl (C=O) groups excluding carboxylic acids is 2. The molecule has 1 N–H and O–H groups in total. The SMILES string of the molecule is Cc1cc(-c2nnn(CC3CCN(C(=O)OC(C)(C)C)CC3)n2)cc(C(=O)NCc2ccc(F)c(C(F)(F)F)c2)n1. The highest BCUT2D eigenvalue weighted by atomic mass is 19.4. The summed E-state index contributed by atoms with van der Waals surface area (Å²) in [5, 5.41) is 15.2. The van der Waals surface area contributed by atoms with Crippen molar-refractivity contribution in [1.29, 1.82) is 0 Å². The Hall–Kier alpha value is -4.10. The minimum atomic E-state index is -4.85. The number of nitrogens with one attached hydrogen (secondary N) is 1. The molecule has 0 bridgehead atoms. The van der Waals surface area contributed by atoms with E-state index in [0.717, 1.165) is 12.8 Å². The Morgan fingerprint density at radius 2 is 1.80 bits per heavy atom. The molecule has 3 heterocycles. The highest BCUT2D eigenvalue weighted by Gasteiger charge is 2.34. The topological polar surface area (TPSA) is 115 Å². The van der Waals surface area contributed by atoms with E-state index in [4.69, 9.17) is 4.74 Å². The minimum Gasteiger partial charge on any atom is -0.444 e. The summed E-state index contributed by atoms with van der Waals surface area (Å²) < 4.78 is 58.0. The number of hydrogen-bond acceptors (Lipinski definition) is 7. The summed E-state index contributed by atoms with van der Waals surface area (Å²) in [6, 6.07) is 5.70. The molecule has 2 aromatic heterocycles. The first-order valence-electron chi connectivity index (χ1n) is 13.1. The number of ether oxygens (including phenoxy) is 1. The molecule has 0 saturated carbocycles. The first-order valence-corrected chi connectivity index (χ1v) is 13.1. The lowest BCUT2D eigenvalue weighted by molar-refractivity contribution is -0.140. The number of alkyl halides is 3. The van der Waals surface area contributed by atoms with E-state index in [2.05, 4.69) is 25.7 Å². The standard InChI is InChI=1S/C27H31F4N7O3/c1-16-11-19(13-22(33-16)24(39)32-14-18-5-6-21(28)20(12-18)27(29,30)31)23-34-36-38(35-23)15-17-7-9-37(10-8-17)25(40)41-26(2,3)4/h5-6,11-13,17H,7-10,14-15H2,1-4H3,(H,32,39). The van der Waals surface area contributed by atoms with Gasteiger partial charge in [0.15, 0.2) is 0 Å². The number of hydrogen-bond donors (Lipinski definition) is 1. The Balaban J connectivity index is 1.37. The summed E-state index contributed by atoms with van der Waals surface area (Å²) in [5.74, 6) is -1.49. The van der Waals surface area contributed by atoms with Crippen LogP contribution < -0.4 is 5.32 Å². The molecule has 0 radical (unpaired) electrons. The molecule has 0 aliphatic carbocycles. The Morgan fingerprint density at radius 1 is 1.10 bits per heavy atom. The molecule has 0 atom stereocenters. The Kier molecular flexibility index (Phi) is 8.59. The van der Waals surface area contributed by atoms with Crippen LogP contribution in [0.2, 0.25) is 0 Å². The van der Waals surface area contributed by atoms with E-state index in [9.17, 15) is 27.2 Å². The zero-order valence-electron chi connectivity index (χ0n) is 23.1. The molecule has 1 aromatic carbocycles. The molecule has 220 valence electrons. The monoisotopic (exact) mass is 577 g/mol. The van der Waals surface area contributed by atoms with E-state index in [1.807, 2.05) is 20.8 Å². The average molecular weight is 578 g/mol. The molecule has 1 aliphatic rings. The zero-order chi connectivity index (χ0) is 29.9. The highest BCUT2D eigenvalue weighted by molar-refractivity contribution is 5.93. The van der Waals surface area contributed by atoms with Gasteiger partial charge in [0.05, 0.1) is 12.1 Å². The summed E-state index contributed by atoms with van der Waals surface area (Å²) >= 11 is 0. The normalized spacial score (nSPS) is 14.7. The van der Waals surface area contributed by atoms with Crippen molar-refractivity contribution in [2.24, 2.45) is 5.92 Å². The van der Waals surface area contributed by atoms with Crippen LogP contribution in [0.3, 0.4) is 0 Å². The van der Waals surface area contributed by atoms with Gasteiger partial charge in [-0.05, 0) is 81.5 Å². The van der Waals surface area contributed by atoms with E-state index < -0.39 is 29.1 Å². The zero-order valence-corrected chi connectivity index (χ0v) is 23.1. The first-order chi connectivity index (χ1) is 19.2. The number of tetrazole rings is 1. The predicted octanol–water partition coefficient (Wildman–Crippen LogP) is 4.78. The molecule has 0 spiro atoms. The van der Waals surface area contributed by atoms with Crippen LogP contribution in [0.4, 0.5) is 22.4 Å². The third-order valence-electron chi connectivity index (χ3n) is 6.37. The van der Waals surface area contributed by atoms with Gasteiger partial charge in [0.1, 0.15) is 17.1 Å². The van der Waals surface area contributed by atoms with Crippen LogP contribution in [0.15, 0.2) is 30.3 Å². The first kappa shape index (κ1) is 29.9. The number of amides is 2. The predicted molar refractivity (Wildman–Crippen MR) is 139 cm³/mol. The van der Waals surface area contributed by atoms with Crippen molar-refractivity contribution in [3.63, 3.8) is 0 Å². The fraction of sp³-hybridized carbons (Fsp3) is 0.481. The largest absolute Gasteiger partial charge is 0.444 e. The number of carbonyl (C=O) groups is 2. The van der Waals surface area contributed by atoms with Gasteiger partial charge >= 0.3 is 12.3 Å². The van der Waals surface area contributed by atoms with Crippen LogP contribution in [0.25, 0.3) is 11.4 Å². The van der Waals surface area contributed by atoms with Crippen LogP contribution in [0, 0.1) is 18.7 Å². The smallest absolute Gasteiger partial charge is 0.419 e. The fourth-order valence-corrected chi connectivity index (χ4v) is 4.38. The fourth-order valence-electron chi connectivity index (χ4n) is 4.38. The van der Waals surface area contributed by atoms with Crippen LogP contribution >= 0.6 is 0 Å². The van der Waals surface area contributed by atoms with Crippen molar-refractivity contribution in [2.75, 3.05) is 13.1 Å². The van der Waals surface area contributed by atoms with Crippen molar-refractivity contribution >= 4 is 12.0 Å². The van der Waals surface area contributed by atoms with Crippen molar-refractivity contribution in [2.45, 2.75) is 65.4 Å². The molecule has 41 heavy (non-hydrogen) atoms. The quantitative estimate of drug-likeness (QED) is 0.420. The molecule has 14 heteroatoms. The summed E-state index contributed by atoms with van der Waals surface area (Å²) in [7, 11) is 0. The van der Waals surface area contributed by atoms with Gasteiger partial charge in [0.2, 0.25) is 5.82 Å². The lowest BCUT2D eigenvalue weighted by atomic mass is 9.97. The minimum absolute atomic E-state index is 0.0176. The number of nitrogens with zero attached hydrogens (tertiary/aromatic N) is 6. The number of piperidine rings is 1. The third-order valence-corrected chi connectivity index (χ3v) is 6.37. The molecule has 1 saturated heterocycles. The van der Waals surface area contributed by atoms with Crippen LogP contribution in [-0.2, 0) is 24.0 Å². The van der Waals surface area contributed by atoms with Gasteiger partial charge in [-0.1, -0.05) is 6.07 Å². The second kappa shape index (κ2) is 11.8. The molecule has 4 rings (SSSR count). The second-order valence-electron chi connectivity index (χ2n) is 11.0. The van der Waals surface area contributed by atoms with Crippen molar-refractivity contribution in [3.8, 4) is 11.4 Å². The molecule has 10 nitrogen and oxygen atoms in total. The second-order valence-corrected chi connectivity index (χ2v) is 11.0. The number of rotatable bonds is 6. The number of halogens is 4. The van der Waals surface area contributed by atoms with Crippen LogP contribution in [-0.4, -0.2) is 60.8 Å².